The average Bonchev–Trinajstić information content (AvgIpc) is 3.05. The first-order valence-corrected chi connectivity index (χ1v) is 7.44. The molecule has 2 heterocycles. The number of aliphatic imine (C=N–C) groups is 1. The van der Waals surface area contributed by atoms with Crippen LogP contribution in [0.3, 0.4) is 0 Å². The fourth-order valence-corrected chi connectivity index (χ4v) is 2.57. The van der Waals surface area contributed by atoms with Crippen LogP contribution >= 0.6 is 0 Å². The SMILES string of the molecule is CCCCN=C1NC(=O)C(Cc2c[nH]c3ccccc23)N1. The monoisotopic (exact) mass is 284 g/mol. The van der Waals surface area contributed by atoms with Gasteiger partial charge in [-0.2, -0.15) is 0 Å². The standard InChI is InChI=1S/C16H20N4O/c1-2-3-8-17-16-19-14(15(21)20-16)9-11-10-18-13-7-5-4-6-12(11)13/h4-7,10,14,18H,2-3,8-9H2,1H3,(H2,17,19,20,21). The topological polar surface area (TPSA) is 69.3 Å². The summed E-state index contributed by atoms with van der Waals surface area (Å²) in [5.74, 6) is 0.605. The quantitative estimate of drug-likeness (QED) is 0.735. The Kier molecular flexibility index (Phi) is 3.90. The van der Waals surface area contributed by atoms with Crippen molar-refractivity contribution in [2.24, 2.45) is 4.99 Å². The molecule has 0 bridgehead atoms. The molecular weight excluding hydrogens is 264 g/mol. The molecule has 0 saturated carbocycles. The number of para-hydroxylation sites is 1. The van der Waals surface area contributed by atoms with E-state index >= 15 is 0 Å². The van der Waals surface area contributed by atoms with Gasteiger partial charge in [-0.25, -0.2) is 0 Å². The summed E-state index contributed by atoms with van der Waals surface area (Å²) in [4.78, 5) is 19.6. The number of aromatic nitrogens is 1. The van der Waals surface area contributed by atoms with Crippen molar-refractivity contribution < 1.29 is 4.79 Å². The molecule has 1 aromatic heterocycles. The molecular formula is C16H20N4O. The maximum atomic E-state index is 12.0. The van der Waals surface area contributed by atoms with Crippen LogP contribution in [0.15, 0.2) is 35.5 Å². The molecule has 0 radical (unpaired) electrons. The number of hydrogen-bond acceptors (Lipinski definition) is 2. The van der Waals surface area contributed by atoms with Crippen LogP contribution in [0.2, 0.25) is 0 Å². The fourth-order valence-electron chi connectivity index (χ4n) is 2.57. The number of nitrogens with one attached hydrogen (secondary N) is 3. The molecule has 5 nitrogen and oxygen atoms in total. The van der Waals surface area contributed by atoms with Crippen molar-refractivity contribution >= 4 is 22.8 Å². The zero-order valence-corrected chi connectivity index (χ0v) is 12.1. The van der Waals surface area contributed by atoms with Crippen molar-refractivity contribution in [3.05, 3.63) is 36.0 Å². The van der Waals surface area contributed by atoms with Gasteiger partial charge in [0.25, 0.3) is 0 Å². The van der Waals surface area contributed by atoms with Gasteiger partial charge in [0.1, 0.15) is 6.04 Å². The third kappa shape index (κ3) is 2.91. The predicted octanol–water partition coefficient (Wildman–Crippen LogP) is 1.95. The number of aromatic amines is 1. The molecule has 1 aromatic carbocycles. The van der Waals surface area contributed by atoms with Gasteiger partial charge in [-0.3, -0.25) is 15.1 Å². The zero-order valence-electron chi connectivity index (χ0n) is 12.1. The molecule has 0 aliphatic carbocycles. The summed E-state index contributed by atoms with van der Waals surface area (Å²) in [7, 11) is 0. The van der Waals surface area contributed by atoms with Gasteiger partial charge < -0.3 is 10.3 Å². The van der Waals surface area contributed by atoms with Crippen LogP contribution in [-0.2, 0) is 11.2 Å². The first-order valence-electron chi connectivity index (χ1n) is 7.44. The molecule has 21 heavy (non-hydrogen) atoms. The highest BCUT2D eigenvalue weighted by atomic mass is 16.2. The van der Waals surface area contributed by atoms with E-state index in [2.05, 4.69) is 33.6 Å². The van der Waals surface area contributed by atoms with Gasteiger partial charge in [0.05, 0.1) is 0 Å². The number of rotatable bonds is 5. The van der Waals surface area contributed by atoms with E-state index in [1.54, 1.807) is 0 Å². The zero-order chi connectivity index (χ0) is 14.7. The highest BCUT2D eigenvalue weighted by molar-refractivity contribution is 6.06. The fraction of sp³-hybridized carbons (Fsp3) is 0.375. The predicted molar refractivity (Wildman–Crippen MR) is 84.3 cm³/mol. The van der Waals surface area contributed by atoms with Gasteiger partial charge in [0.2, 0.25) is 5.91 Å². The molecule has 2 aromatic rings. The maximum Gasteiger partial charge on any atom is 0.249 e. The van der Waals surface area contributed by atoms with Crippen molar-refractivity contribution in [3.63, 3.8) is 0 Å². The van der Waals surface area contributed by atoms with Gasteiger partial charge in [-0.15, -0.1) is 0 Å². The Morgan fingerprint density at radius 1 is 1.29 bits per heavy atom. The summed E-state index contributed by atoms with van der Waals surface area (Å²) in [5.41, 5.74) is 2.25. The smallest absolute Gasteiger partial charge is 0.249 e. The molecule has 1 saturated heterocycles. The third-order valence-corrected chi connectivity index (χ3v) is 3.75. The van der Waals surface area contributed by atoms with E-state index in [1.165, 1.54) is 5.39 Å². The van der Waals surface area contributed by atoms with Gasteiger partial charge in [0.15, 0.2) is 5.96 Å². The van der Waals surface area contributed by atoms with Crippen LogP contribution in [0, 0.1) is 0 Å². The second kappa shape index (κ2) is 5.99. The van der Waals surface area contributed by atoms with Crippen molar-refractivity contribution in [1.29, 1.82) is 0 Å². The molecule has 1 amide bonds. The number of hydrogen-bond donors (Lipinski definition) is 3. The Morgan fingerprint density at radius 2 is 2.14 bits per heavy atom. The summed E-state index contributed by atoms with van der Waals surface area (Å²) < 4.78 is 0. The van der Waals surface area contributed by atoms with E-state index in [1.807, 2.05) is 24.4 Å². The molecule has 110 valence electrons. The van der Waals surface area contributed by atoms with Crippen LogP contribution in [0.4, 0.5) is 0 Å². The second-order valence-corrected chi connectivity index (χ2v) is 5.33. The van der Waals surface area contributed by atoms with Gasteiger partial charge in [-0.05, 0) is 18.1 Å². The van der Waals surface area contributed by atoms with Crippen molar-refractivity contribution in [1.82, 2.24) is 15.6 Å². The van der Waals surface area contributed by atoms with Gasteiger partial charge in [0, 0.05) is 30.1 Å². The number of nitrogens with zero attached hydrogens (tertiary/aromatic N) is 1. The van der Waals surface area contributed by atoms with Crippen molar-refractivity contribution in [2.75, 3.05) is 6.54 Å². The molecule has 0 spiro atoms. The summed E-state index contributed by atoms with van der Waals surface area (Å²) in [6.07, 6.45) is 4.77. The Labute approximate surface area is 123 Å². The largest absolute Gasteiger partial charge is 0.361 e. The summed E-state index contributed by atoms with van der Waals surface area (Å²) in [6.45, 7) is 2.87. The van der Waals surface area contributed by atoms with Crippen molar-refractivity contribution in [3.8, 4) is 0 Å². The number of amides is 1. The van der Waals surface area contributed by atoms with Crippen LogP contribution in [0.5, 0.6) is 0 Å². The van der Waals surface area contributed by atoms with E-state index in [0.717, 1.165) is 30.5 Å². The Morgan fingerprint density at radius 3 is 3.00 bits per heavy atom. The first-order chi connectivity index (χ1) is 10.3. The Balaban J connectivity index is 1.70. The number of guanidine groups is 1. The molecule has 1 atom stereocenters. The number of unbranched alkanes of at least 4 members (excludes halogenated alkanes) is 1. The third-order valence-electron chi connectivity index (χ3n) is 3.75. The minimum Gasteiger partial charge on any atom is -0.361 e. The van der Waals surface area contributed by atoms with Gasteiger partial charge >= 0.3 is 0 Å². The molecule has 1 aliphatic heterocycles. The maximum absolute atomic E-state index is 12.0. The lowest BCUT2D eigenvalue weighted by Gasteiger charge is -2.06. The molecule has 1 aliphatic rings. The van der Waals surface area contributed by atoms with E-state index in [4.69, 9.17) is 0 Å². The minimum atomic E-state index is -0.246. The lowest BCUT2D eigenvalue weighted by molar-refractivity contribution is -0.120. The first kappa shape index (κ1) is 13.7. The van der Waals surface area contributed by atoms with E-state index in [0.29, 0.717) is 12.4 Å². The molecule has 3 N–H and O–H groups in total. The van der Waals surface area contributed by atoms with Crippen LogP contribution < -0.4 is 10.6 Å². The van der Waals surface area contributed by atoms with Gasteiger partial charge in [-0.1, -0.05) is 31.5 Å². The molecule has 1 fully saturated rings. The van der Waals surface area contributed by atoms with Crippen LogP contribution in [-0.4, -0.2) is 29.4 Å². The van der Waals surface area contributed by atoms with Crippen molar-refractivity contribution in [2.45, 2.75) is 32.2 Å². The summed E-state index contributed by atoms with van der Waals surface area (Å²) >= 11 is 0. The molecule has 1 unspecified atom stereocenters. The normalized spacial score (nSPS) is 20.0. The Bertz CT molecular complexity index is 674. The highest BCUT2D eigenvalue weighted by Crippen LogP contribution is 2.19. The summed E-state index contributed by atoms with van der Waals surface area (Å²) in [5, 5.41) is 7.16. The summed E-state index contributed by atoms with van der Waals surface area (Å²) in [6, 6.07) is 7.88. The van der Waals surface area contributed by atoms with Crippen LogP contribution in [0.1, 0.15) is 25.3 Å². The molecule has 3 rings (SSSR count). The lowest BCUT2D eigenvalue weighted by Crippen LogP contribution is -2.31. The highest BCUT2D eigenvalue weighted by Gasteiger charge is 2.28. The number of benzene rings is 1. The van der Waals surface area contributed by atoms with E-state index < -0.39 is 0 Å². The number of carbonyl (C=O) groups is 1. The second-order valence-electron chi connectivity index (χ2n) is 5.33. The van der Waals surface area contributed by atoms with Crippen LogP contribution in [0.25, 0.3) is 10.9 Å². The van der Waals surface area contributed by atoms with E-state index in [-0.39, 0.29) is 11.9 Å². The minimum absolute atomic E-state index is 0.00414. The number of carbonyl (C=O) groups excluding carboxylic acids is 1. The average molecular weight is 284 g/mol. The van der Waals surface area contributed by atoms with E-state index in [9.17, 15) is 4.79 Å². The Hall–Kier alpha value is -2.30. The lowest BCUT2D eigenvalue weighted by atomic mass is 10.1. The number of H-pyrrole nitrogens is 1. The molecule has 5 heteroatoms. The number of fused-ring (bicyclic) bond motifs is 1.